The fraction of sp³-hybridized carbons (Fsp3) is 0.435. The third-order valence-electron chi connectivity index (χ3n) is 5.88. The minimum Gasteiger partial charge on any atom is -0.357 e. The number of likely N-dealkylation sites (N-methyl/N-ethyl adjacent to an activating group) is 1. The van der Waals surface area contributed by atoms with Gasteiger partial charge >= 0.3 is 6.18 Å². The first-order valence-electron chi connectivity index (χ1n) is 10.5. The van der Waals surface area contributed by atoms with E-state index in [-0.39, 0.29) is 24.3 Å². The normalized spacial score (nSPS) is 14.9. The summed E-state index contributed by atoms with van der Waals surface area (Å²) in [6.45, 7) is 4.87. The van der Waals surface area contributed by atoms with E-state index < -0.39 is 11.7 Å². The summed E-state index contributed by atoms with van der Waals surface area (Å²) in [6.07, 6.45) is -2.50. The van der Waals surface area contributed by atoms with Crippen LogP contribution in [0.1, 0.15) is 29.5 Å². The van der Waals surface area contributed by atoms with E-state index in [1.165, 1.54) is 11.0 Å². The maximum atomic E-state index is 12.8. The number of anilines is 2. The summed E-state index contributed by atoms with van der Waals surface area (Å²) in [5, 5.41) is 2.85. The van der Waals surface area contributed by atoms with Gasteiger partial charge in [0, 0.05) is 37.9 Å². The number of aryl methyl sites for hydroxylation is 1. The average Bonchev–Trinajstić information content (AvgIpc) is 2.76. The molecule has 0 unspecified atom stereocenters. The summed E-state index contributed by atoms with van der Waals surface area (Å²) in [4.78, 5) is 32.4. The summed E-state index contributed by atoms with van der Waals surface area (Å²) in [7, 11) is 1.61. The van der Waals surface area contributed by atoms with Gasteiger partial charge in [-0.3, -0.25) is 9.59 Å². The van der Waals surface area contributed by atoms with Gasteiger partial charge in [0.25, 0.3) is 0 Å². The van der Waals surface area contributed by atoms with Gasteiger partial charge < -0.3 is 15.1 Å². The van der Waals surface area contributed by atoms with Crippen LogP contribution >= 0.6 is 0 Å². The lowest BCUT2D eigenvalue weighted by Gasteiger charge is -2.33. The number of piperidine rings is 1. The SMILES string of the molecule is Cc1cccc(NC(=O)CN(C)C(=O)C2CCN(c3ccc(C(F)(F)F)cn3)CC2)c1C. The second-order valence-corrected chi connectivity index (χ2v) is 8.15. The molecule has 1 aromatic carbocycles. The molecule has 0 radical (unpaired) electrons. The van der Waals surface area contributed by atoms with Crippen molar-refractivity contribution in [1.82, 2.24) is 9.88 Å². The van der Waals surface area contributed by atoms with Crippen LogP contribution in [0.3, 0.4) is 0 Å². The molecular weight excluding hydrogens is 421 g/mol. The first-order chi connectivity index (χ1) is 15.1. The molecule has 1 aliphatic rings. The lowest BCUT2D eigenvalue weighted by atomic mass is 9.95. The van der Waals surface area contributed by atoms with Gasteiger partial charge in [-0.15, -0.1) is 0 Å². The molecule has 6 nitrogen and oxygen atoms in total. The smallest absolute Gasteiger partial charge is 0.357 e. The zero-order valence-corrected chi connectivity index (χ0v) is 18.4. The Bertz CT molecular complexity index is 968. The first-order valence-corrected chi connectivity index (χ1v) is 10.5. The van der Waals surface area contributed by atoms with Crippen LogP contribution in [0.25, 0.3) is 0 Å². The second-order valence-electron chi connectivity index (χ2n) is 8.15. The van der Waals surface area contributed by atoms with Crippen LogP contribution in [-0.4, -0.2) is 48.4 Å². The highest BCUT2D eigenvalue weighted by atomic mass is 19.4. The van der Waals surface area contributed by atoms with Crippen molar-refractivity contribution in [3.05, 3.63) is 53.2 Å². The Hall–Kier alpha value is -3.10. The van der Waals surface area contributed by atoms with Gasteiger partial charge in [0.05, 0.1) is 12.1 Å². The standard InChI is InChI=1S/C23H27F3N4O2/c1-15-5-4-6-19(16(15)2)28-21(31)14-29(3)22(32)17-9-11-30(12-10-17)20-8-7-18(13-27-20)23(24,25)26/h4-8,13,17H,9-12,14H2,1-3H3,(H,28,31). The fourth-order valence-corrected chi connectivity index (χ4v) is 3.78. The predicted molar refractivity (Wildman–Crippen MR) is 116 cm³/mol. The molecule has 0 bridgehead atoms. The summed E-state index contributed by atoms with van der Waals surface area (Å²) in [5.41, 5.74) is 2.00. The minimum absolute atomic E-state index is 0.0487. The molecule has 2 amide bonds. The third kappa shape index (κ3) is 5.57. The predicted octanol–water partition coefficient (Wildman–Crippen LogP) is 4.03. The van der Waals surface area contributed by atoms with Crippen LogP contribution in [0.2, 0.25) is 0 Å². The zero-order chi connectivity index (χ0) is 23.5. The number of nitrogens with one attached hydrogen (secondary N) is 1. The molecule has 9 heteroatoms. The molecule has 0 saturated carbocycles. The second kappa shape index (κ2) is 9.58. The Morgan fingerprint density at radius 3 is 2.44 bits per heavy atom. The first kappa shape index (κ1) is 23.6. The van der Waals surface area contributed by atoms with Crippen LogP contribution in [-0.2, 0) is 15.8 Å². The van der Waals surface area contributed by atoms with Crippen molar-refractivity contribution in [1.29, 1.82) is 0 Å². The van der Waals surface area contributed by atoms with E-state index >= 15 is 0 Å². The van der Waals surface area contributed by atoms with Crippen molar-refractivity contribution in [2.45, 2.75) is 32.9 Å². The average molecular weight is 448 g/mol. The van der Waals surface area contributed by atoms with Gasteiger partial charge in [0.15, 0.2) is 0 Å². The molecular formula is C23H27F3N4O2. The molecule has 172 valence electrons. The highest BCUT2D eigenvalue weighted by molar-refractivity contribution is 5.95. The summed E-state index contributed by atoms with van der Waals surface area (Å²) < 4.78 is 38.1. The molecule has 3 rings (SSSR count). The van der Waals surface area contributed by atoms with Crippen molar-refractivity contribution in [2.24, 2.45) is 5.92 Å². The third-order valence-corrected chi connectivity index (χ3v) is 5.88. The topological polar surface area (TPSA) is 65.5 Å². The number of benzene rings is 1. The molecule has 1 fully saturated rings. The van der Waals surface area contributed by atoms with E-state index in [1.807, 2.05) is 36.9 Å². The molecule has 1 aromatic heterocycles. The van der Waals surface area contributed by atoms with Crippen molar-refractivity contribution in [2.75, 3.05) is 36.9 Å². The van der Waals surface area contributed by atoms with Crippen LogP contribution < -0.4 is 10.2 Å². The number of amides is 2. The summed E-state index contributed by atoms with van der Waals surface area (Å²) in [5.74, 6) is -0.147. The Morgan fingerprint density at radius 1 is 1.16 bits per heavy atom. The maximum Gasteiger partial charge on any atom is 0.417 e. The number of carbonyl (C=O) groups is 2. The van der Waals surface area contributed by atoms with E-state index in [1.54, 1.807) is 7.05 Å². The van der Waals surface area contributed by atoms with Crippen molar-refractivity contribution < 1.29 is 22.8 Å². The van der Waals surface area contributed by atoms with Crippen LogP contribution in [0.5, 0.6) is 0 Å². The Morgan fingerprint density at radius 2 is 1.84 bits per heavy atom. The molecule has 2 heterocycles. The van der Waals surface area contributed by atoms with Crippen LogP contribution in [0.4, 0.5) is 24.7 Å². The molecule has 32 heavy (non-hydrogen) atoms. The van der Waals surface area contributed by atoms with E-state index in [4.69, 9.17) is 0 Å². The van der Waals surface area contributed by atoms with Crippen molar-refractivity contribution in [3.63, 3.8) is 0 Å². The molecule has 1 N–H and O–H groups in total. The summed E-state index contributed by atoms with van der Waals surface area (Å²) in [6, 6.07) is 8.03. The Kier molecular flexibility index (Phi) is 7.06. The minimum atomic E-state index is -4.42. The fourth-order valence-electron chi connectivity index (χ4n) is 3.78. The van der Waals surface area contributed by atoms with E-state index in [2.05, 4.69) is 10.3 Å². The van der Waals surface area contributed by atoms with Crippen molar-refractivity contribution >= 4 is 23.3 Å². The molecule has 2 aromatic rings. The molecule has 1 saturated heterocycles. The van der Waals surface area contributed by atoms with E-state index in [9.17, 15) is 22.8 Å². The highest BCUT2D eigenvalue weighted by Crippen LogP contribution is 2.30. The largest absolute Gasteiger partial charge is 0.417 e. The number of nitrogens with zero attached hydrogens (tertiary/aromatic N) is 3. The molecule has 0 atom stereocenters. The van der Waals surface area contributed by atoms with Gasteiger partial charge in [-0.2, -0.15) is 13.2 Å². The van der Waals surface area contributed by atoms with Gasteiger partial charge in [-0.25, -0.2) is 4.98 Å². The molecule has 1 aliphatic heterocycles. The van der Waals surface area contributed by atoms with Gasteiger partial charge in [0.1, 0.15) is 5.82 Å². The number of aromatic nitrogens is 1. The number of hydrogen-bond donors (Lipinski definition) is 1. The lowest BCUT2D eigenvalue weighted by molar-refractivity contribution is -0.138. The Balaban J connectivity index is 1.51. The van der Waals surface area contributed by atoms with E-state index in [0.717, 1.165) is 29.1 Å². The zero-order valence-electron chi connectivity index (χ0n) is 18.4. The quantitative estimate of drug-likeness (QED) is 0.750. The Labute approximate surface area is 185 Å². The maximum absolute atomic E-state index is 12.8. The highest BCUT2D eigenvalue weighted by Gasteiger charge is 2.32. The molecule has 0 spiro atoms. The van der Waals surface area contributed by atoms with Gasteiger partial charge in [0.2, 0.25) is 11.8 Å². The molecule has 0 aliphatic carbocycles. The van der Waals surface area contributed by atoms with Crippen LogP contribution in [0, 0.1) is 19.8 Å². The number of halogens is 3. The lowest BCUT2D eigenvalue weighted by Crippen LogP contribution is -2.43. The monoisotopic (exact) mass is 448 g/mol. The van der Waals surface area contributed by atoms with Gasteiger partial charge in [-0.1, -0.05) is 12.1 Å². The van der Waals surface area contributed by atoms with Gasteiger partial charge in [-0.05, 0) is 56.0 Å². The number of pyridine rings is 1. The van der Waals surface area contributed by atoms with E-state index in [0.29, 0.717) is 31.7 Å². The number of rotatable bonds is 5. The summed E-state index contributed by atoms with van der Waals surface area (Å²) >= 11 is 0. The van der Waals surface area contributed by atoms with Crippen molar-refractivity contribution in [3.8, 4) is 0 Å². The van der Waals surface area contributed by atoms with Crippen LogP contribution in [0.15, 0.2) is 36.5 Å². The number of hydrogen-bond acceptors (Lipinski definition) is 4. The number of carbonyl (C=O) groups excluding carboxylic acids is 2. The number of alkyl halides is 3.